The summed E-state index contributed by atoms with van der Waals surface area (Å²) < 4.78 is 0. The highest BCUT2D eigenvalue weighted by molar-refractivity contribution is 5.89. The Morgan fingerprint density at radius 3 is 2.85 bits per heavy atom. The smallest absolute Gasteiger partial charge is 0.143 e. The number of rotatable bonds is 1. The van der Waals surface area contributed by atoms with E-state index in [0.29, 0.717) is 23.5 Å². The molecule has 4 rings (SSSR count). The summed E-state index contributed by atoms with van der Waals surface area (Å²) >= 11 is 0. The third-order valence-corrected chi connectivity index (χ3v) is 6.33. The minimum Gasteiger partial charge on any atom is -0.299 e. The van der Waals surface area contributed by atoms with Crippen molar-refractivity contribution in [3.8, 4) is 0 Å². The van der Waals surface area contributed by atoms with Gasteiger partial charge in [0.05, 0.1) is 0 Å². The summed E-state index contributed by atoms with van der Waals surface area (Å²) in [5.41, 5.74) is 2.94. The first kappa shape index (κ1) is 12.4. The van der Waals surface area contributed by atoms with Crippen molar-refractivity contribution < 1.29 is 4.79 Å². The average molecular weight is 266 g/mol. The zero-order chi connectivity index (χ0) is 13.7. The minimum absolute atomic E-state index is 0.173. The molecule has 1 heteroatoms. The zero-order valence-electron chi connectivity index (χ0n) is 12.0. The third-order valence-electron chi connectivity index (χ3n) is 6.33. The largest absolute Gasteiger partial charge is 0.299 e. The molecule has 3 aliphatic rings. The fourth-order valence-corrected chi connectivity index (χ4v) is 5.39. The number of ketones is 1. The molecule has 2 fully saturated rings. The average Bonchev–Trinajstić information content (AvgIpc) is 2.85. The quantitative estimate of drug-likeness (QED) is 0.693. The van der Waals surface area contributed by atoms with Crippen LogP contribution in [0.2, 0.25) is 0 Å². The van der Waals surface area contributed by atoms with Crippen LogP contribution in [-0.4, -0.2) is 5.78 Å². The van der Waals surface area contributed by atoms with E-state index in [1.807, 2.05) is 6.08 Å². The highest BCUT2D eigenvalue weighted by Gasteiger charge is 2.55. The van der Waals surface area contributed by atoms with Crippen molar-refractivity contribution in [3.63, 3.8) is 0 Å². The molecule has 20 heavy (non-hydrogen) atoms. The van der Waals surface area contributed by atoms with Crippen molar-refractivity contribution in [1.29, 1.82) is 0 Å². The second-order valence-corrected chi connectivity index (χ2v) is 6.86. The first-order chi connectivity index (χ1) is 9.76. The number of hydrogen-bond acceptors (Lipinski definition) is 1. The van der Waals surface area contributed by atoms with Gasteiger partial charge in [0, 0.05) is 11.8 Å². The lowest BCUT2D eigenvalue weighted by molar-refractivity contribution is -0.127. The van der Waals surface area contributed by atoms with Crippen molar-refractivity contribution in [3.05, 3.63) is 48.0 Å². The predicted octanol–water partition coefficient (Wildman–Crippen LogP) is 4.28. The van der Waals surface area contributed by atoms with Crippen molar-refractivity contribution in [2.45, 2.75) is 44.4 Å². The Morgan fingerprint density at radius 2 is 2.00 bits per heavy atom. The summed E-state index contributed by atoms with van der Waals surface area (Å²) in [7, 11) is 0. The topological polar surface area (TPSA) is 17.1 Å². The molecule has 104 valence electrons. The van der Waals surface area contributed by atoms with Crippen LogP contribution < -0.4 is 0 Å². The number of fused-ring (bicyclic) bond motifs is 5. The Labute approximate surface area is 121 Å². The van der Waals surface area contributed by atoms with E-state index in [4.69, 9.17) is 0 Å². The number of benzene rings is 1. The molecular formula is C19H22O. The van der Waals surface area contributed by atoms with E-state index in [9.17, 15) is 4.79 Å². The van der Waals surface area contributed by atoms with E-state index in [-0.39, 0.29) is 5.41 Å². The first-order valence-electron chi connectivity index (χ1n) is 8.01. The summed E-state index contributed by atoms with van der Waals surface area (Å²) in [5.74, 6) is 2.40. The minimum atomic E-state index is -0.173. The maximum Gasteiger partial charge on any atom is 0.143 e. The highest BCUT2D eigenvalue weighted by atomic mass is 16.1. The van der Waals surface area contributed by atoms with Gasteiger partial charge in [0.2, 0.25) is 0 Å². The van der Waals surface area contributed by atoms with E-state index in [2.05, 4.69) is 30.8 Å². The summed E-state index contributed by atoms with van der Waals surface area (Å²) in [4.78, 5) is 12.4. The number of aryl methyl sites for hydroxylation is 1. The van der Waals surface area contributed by atoms with Crippen LogP contribution in [0.5, 0.6) is 0 Å². The van der Waals surface area contributed by atoms with Gasteiger partial charge in [-0.15, -0.1) is 6.58 Å². The van der Waals surface area contributed by atoms with E-state index in [0.717, 1.165) is 25.7 Å². The monoisotopic (exact) mass is 266 g/mol. The Bertz CT molecular complexity index is 573. The second kappa shape index (κ2) is 4.31. The SMILES string of the molecule is C=C[C@]12CC[C@@H]3c4ccccc4CC[C@H]3[C@@H]1CCC2=O. The summed E-state index contributed by atoms with van der Waals surface area (Å²) in [6, 6.07) is 8.95. The lowest BCUT2D eigenvalue weighted by Crippen LogP contribution is -2.43. The fraction of sp³-hybridized carbons (Fsp3) is 0.526. The third kappa shape index (κ3) is 1.47. The van der Waals surface area contributed by atoms with Crippen LogP contribution in [0.1, 0.15) is 49.1 Å². The number of carbonyl (C=O) groups is 1. The molecule has 0 heterocycles. The molecule has 1 aromatic rings. The Hall–Kier alpha value is -1.37. The lowest BCUT2D eigenvalue weighted by Gasteiger charge is -2.48. The van der Waals surface area contributed by atoms with Crippen LogP contribution >= 0.6 is 0 Å². The zero-order valence-corrected chi connectivity index (χ0v) is 12.0. The van der Waals surface area contributed by atoms with Gasteiger partial charge in [-0.1, -0.05) is 30.3 Å². The Kier molecular flexibility index (Phi) is 2.67. The molecule has 0 aliphatic heterocycles. The summed E-state index contributed by atoms with van der Waals surface area (Å²) in [6.07, 6.45) is 8.51. The molecule has 0 aromatic heterocycles. The van der Waals surface area contributed by atoms with Crippen molar-refractivity contribution >= 4 is 5.78 Å². The maximum absolute atomic E-state index is 12.4. The molecule has 4 atom stereocenters. The van der Waals surface area contributed by atoms with Gasteiger partial charge in [-0.05, 0) is 61.0 Å². The van der Waals surface area contributed by atoms with Crippen LogP contribution in [0.3, 0.4) is 0 Å². The van der Waals surface area contributed by atoms with Crippen LogP contribution in [0.25, 0.3) is 0 Å². The van der Waals surface area contributed by atoms with Gasteiger partial charge in [0.25, 0.3) is 0 Å². The van der Waals surface area contributed by atoms with Gasteiger partial charge in [0.1, 0.15) is 5.78 Å². The van der Waals surface area contributed by atoms with E-state index < -0.39 is 0 Å². The van der Waals surface area contributed by atoms with E-state index in [1.165, 1.54) is 12.8 Å². The molecule has 2 saturated carbocycles. The predicted molar refractivity (Wildman–Crippen MR) is 80.6 cm³/mol. The van der Waals surface area contributed by atoms with Gasteiger partial charge >= 0.3 is 0 Å². The summed E-state index contributed by atoms with van der Waals surface area (Å²) in [6.45, 7) is 4.03. The molecule has 1 nitrogen and oxygen atoms in total. The van der Waals surface area contributed by atoms with Crippen molar-refractivity contribution in [1.82, 2.24) is 0 Å². The van der Waals surface area contributed by atoms with Crippen molar-refractivity contribution in [2.75, 3.05) is 0 Å². The van der Waals surface area contributed by atoms with Crippen LogP contribution in [0, 0.1) is 17.3 Å². The number of carbonyl (C=O) groups excluding carboxylic acids is 1. The number of allylic oxidation sites excluding steroid dienone is 1. The molecule has 0 saturated heterocycles. The van der Waals surface area contributed by atoms with E-state index >= 15 is 0 Å². The molecule has 0 radical (unpaired) electrons. The Morgan fingerprint density at radius 1 is 1.15 bits per heavy atom. The normalized spacial score (nSPS) is 38.8. The molecule has 1 aromatic carbocycles. The van der Waals surface area contributed by atoms with Crippen molar-refractivity contribution in [2.24, 2.45) is 17.3 Å². The molecule has 3 aliphatic carbocycles. The van der Waals surface area contributed by atoms with Crippen LogP contribution in [0.4, 0.5) is 0 Å². The molecular weight excluding hydrogens is 244 g/mol. The highest BCUT2D eigenvalue weighted by Crippen LogP contribution is 2.60. The Balaban J connectivity index is 1.75. The standard InChI is InChI=1S/C19H22O/c1-2-19-12-11-15-14-6-4-3-5-13(14)7-8-16(15)17(19)9-10-18(19)20/h2-6,15-17H,1,7-12H2/t15-,16-,17+,19+/m1/s1. The molecule has 0 unspecified atom stereocenters. The maximum atomic E-state index is 12.4. The lowest BCUT2D eigenvalue weighted by atomic mass is 9.55. The summed E-state index contributed by atoms with van der Waals surface area (Å²) in [5, 5.41) is 0. The molecule has 0 spiro atoms. The van der Waals surface area contributed by atoms with Gasteiger partial charge < -0.3 is 0 Å². The first-order valence-corrected chi connectivity index (χ1v) is 8.01. The van der Waals surface area contributed by atoms with Crippen LogP contribution in [0.15, 0.2) is 36.9 Å². The van der Waals surface area contributed by atoms with Gasteiger partial charge in [-0.2, -0.15) is 0 Å². The van der Waals surface area contributed by atoms with E-state index in [1.54, 1.807) is 11.1 Å². The number of Topliss-reactive ketones (excluding diaryl/α,β-unsaturated/α-hetero) is 1. The van der Waals surface area contributed by atoms with Crippen LogP contribution in [-0.2, 0) is 11.2 Å². The second-order valence-electron chi connectivity index (χ2n) is 6.86. The molecule has 0 N–H and O–H groups in total. The van der Waals surface area contributed by atoms with Gasteiger partial charge in [-0.3, -0.25) is 4.79 Å². The van der Waals surface area contributed by atoms with Gasteiger partial charge in [0.15, 0.2) is 0 Å². The van der Waals surface area contributed by atoms with Gasteiger partial charge in [-0.25, -0.2) is 0 Å². The molecule has 0 amide bonds. The number of hydrogen-bond donors (Lipinski definition) is 0. The fourth-order valence-electron chi connectivity index (χ4n) is 5.39. The molecule has 0 bridgehead atoms.